The van der Waals surface area contributed by atoms with Gasteiger partial charge in [0.1, 0.15) is 0 Å². The minimum absolute atomic E-state index is 0.920. The molecule has 4 aromatic rings. The molecule has 104 valence electrons. The number of rotatable bonds is 3. The van der Waals surface area contributed by atoms with Gasteiger partial charge in [0, 0.05) is 26.0 Å². The van der Waals surface area contributed by atoms with Gasteiger partial charge in [0.05, 0.1) is 0 Å². The fourth-order valence-electron chi connectivity index (χ4n) is 2.65. The molecule has 2 aromatic heterocycles. The number of hydrogen-bond donors (Lipinski definition) is 0. The summed E-state index contributed by atoms with van der Waals surface area (Å²) < 4.78 is 2.75. The molecule has 0 saturated carbocycles. The Labute approximate surface area is 140 Å². The molecule has 3 heteroatoms. The first kappa shape index (κ1) is 13.5. The van der Waals surface area contributed by atoms with E-state index in [1.54, 1.807) is 0 Å². The van der Waals surface area contributed by atoms with Gasteiger partial charge < -0.3 is 0 Å². The molecule has 0 spiro atoms. The standard InChI is InChI=1S/C18H13BrS2/c19-11-13-2-4-18-15(8-13)10-16(21-18)9-12-1-3-17-14(7-12)5-6-20-17/h1-8,10H,9,11H2. The average molecular weight is 373 g/mol. The SMILES string of the molecule is BrCc1ccc2sc(Cc3ccc4sccc4c3)cc2c1. The maximum Gasteiger partial charge on any atom is 0.0345 e. The summed E-state index contributed by atoms with van der Waals surface area (Å²) in [5, 5.41) is 5.81. The van der Waals surface area contributed by atoms with Gasteiger partial charge in [-0.2, -0.15) is 0 Å². The van der Waals surface area contributed by atoms with Crippen molar-refractivity contribution < 1.29 is 0 Å². The van der Waals surface area contributed by atoms with Crippen molar-refractivity contribution in [3.05, 3.63) is 69.9 Å². The zero-order chi connectivity index (χ0) is 14.2. The van der Waals surface area contributed by atoms with Gasteiger partial charge in [0.15, 0.2) is 0 Å². The monoisotopic (exact) mass is 372 g/mol. The Morgan fingerprint density at radius 3 is 2.52 bits per heavy atom. The number of thiophene rings is 2. The number of fused-ring (bicyclic) bond motifs is 2. The van der Waals surface area contributed by atoms with Crippen LogP contribution in [0.2, 0.25) is 0 Å². The molecule has 0 radical (unpaired) electrons. The summed E-state index contributed by atoms with van der Waals surface area (Å²) >= 11 is 7.24. The van der Waals surface area contributed by atoms with E-state index in [2.05, 4.69) is 69.8 Å². The Morgan fingerprint density at radius 2 is 1.62 bits per heavy atom. The molecule has 4 rings (SSSR count). The first-order valence-corrected chi connectivity index (χ1v) is 9.67. The summed E-state index contributed by atoms with van der Waals surface area (Å²) in [6, 6.07) is 18.1. The van der Waals surface area contributed by atoms with Crippen LogP contribution in [-0.2, 0) is 11.8 Å². The summed E-state index contributed by atoms with van der Waals surface area (Å²) in [7, 11) is 0. The van der Waals surface area contributed by atoms with Crippen LogP contribution >= 0.6 is 38.6 Å². The quantitative estimate of drug-likeness (QED) is 0.355. The van der Waals surface area contributed by atoms with Crippen LogP contribution in [0.3, 0.4) is 0 Å². The summed E-state index contributed by atoms with van der Waals surface area (Å²) in [5.74, 6) is 0. The Morgan fingerprint density at radius 1 is 0.810 bits per heavy atom. The molecule has 0 aliphatic carbocycles. The normalized spacial score (nSPS) is 11.5. The third kappa shape index (κ3) is 2.66. The Hall–Kier alpha value is -1.16. The minimum atomic E-state index is 0.920. The van der Waals surface area contributed by atoms with E-state index in [1.165, 1.54) is 36.2 Å². The second-order valence-corrected chi connectivity index (χ2v) is 7.86. The fourth-order valence-corrected chi connectivity index (χ4v) is 4.84. The number of hydrogen-bond acceptors (Lipinski definition) is 2. The van der Waals surface area contributed by atoms with E-state index < -0.39 is 0 Å². The van der Waals surface area contributed by atoms with Crippen molar-refractivity contribution in [2.75, 3.05) is 0 Å². The molecule has 0 nitrogen and oxygen atoms in total. The zero-order valence-electron chi connectivity index (χ0n) is 11.3. The topological polar surface area (TPSA) is 0 Å². The van der Waals surface area contributed by atoms with E-state index >= 15 is 0 Å². The van der Waals surface area contributed by atoms with E-state index in [0.717, 1.165) is 11.8 Å². The molecule has 0 aliphatic rings. The molecule has 2 aromatic carbocycles. The maximum absolute atomic E-state index is 3.53. The molecule has 0 bridgehead atoms. The van der Waals surface area contributed by atoms with Gasteiger partial charge in [-0.3, -0.25) is 0 Å². The Balaban J connectivity index is 1.69. The molecule has 0 aliphatic heterocycles. The predicted molar refractivity (Wildman–Crippen MR) is 99.1 cm³/mol. The fraction of sp³-hybridized carbons (Fsp3) is 0.111. The average Bonchev–Trinajstić information content (AvgIpc) is 3.11. The molecule has 0 saturated heterocycles. The molecule has 0 atom stereocenters. The molecule has 21 heavy (non-hydrogen) atoms. The summed E-state index contributed by atoms with van der Waals surface area (Å²) in [5.41, 5.74) is 2.74. The van der Waals surface area contributed by atoms with Crippen LogP contribution in [0.15, 0.2) is 53.9 Å². The summed E-state index contributed by atoms with van der Waals surface area (Å²) in [6.45, 7) is 0. The van der Waals surface area contributed by atoms with Gasteiger partial charge in [-0.15, -0.1) is 22.7 Å². The number of alkyl halides is 1. The first-order chi connectivity index (χ1) is 10.3. The van der Waals surface area contributed by atoms with Crippen molar-refractivity contribution in [3.8, 4) is 0 Å². The van der Waals surface area contributed by atoms with Crippen molar-refractivity contribution in [2.45, 2.75) is 11.8 Å². The van der Waals surface area contributed by atoms with Crippen molar-refractivity contribution >= 4 is 58.8 Å². The highest BCUT2D eigenvalue weighted by atomic mass is 79.9. The van der Waals surface area contributed by atoms with Crippen LogP contribution in [-0.4, -0.2) is 0 Å². The Bertz CT molecular complexity index is 917. The molecular weight excluding hydrogens is 360 g/mol. The van der Waals surface area contributed by atoms with Crippen LogP contribution in [0.1, 0.15) is 16.0 Å². The predicted octanol–water partition coefficient (Wildman–Crippen LogP) is 6.60. The lowest BCUT2D eigenvalue weighted by Crippen LogP contribution is -1.83. The lowest BCUT2D eigenvalue weighted by molar-refractivity contribution is 1.25. The van der Waals surface area contributed by atoms with Crippen molar-refractivity contribution in [1.82, 2.24) is 0 Å². The molecular formula is C18H13BrS2. The maximum atomic E-state index is 3.53. The second kappa shape index (κ2) is 5.56. The smallest absolute Gasteiger partial charge is 0.0345 e. The van der Waals surface area contributed by atoms with Gasteiger partial charge in [-0.1, -0.05) is 28.1 Å². The van der Waals surface area contributed by atoms with Gasteiger partial charge in [0.2, 0.25) is 0 Å². The third-order valence-electron chi connectivity index (χ3n) is 3.68. The Kier molecular flexibility index (Phi) is 3.57. The van der Waals surface area contributed by atoms with Crippen molar-refractivity contribution in [3.63, 3.8) is 0 Å². The third-order valence-corrected chi connectivity index (χ3v) is 6.34. The molecule has 0 amide bonds. The first-order valence-electron chi connectivity index (χ1n) is 6.85. The van der Waals surface area contributed by atoms with Crippen LogP contribution < -0.4 is 0 Å². The van der Waals surface area contributed by atoms with Gasteiger partial charge >= 0.3 is 0 Å². The molecule has 0 fully saturated rings. The largest absolute Gasteiger partial charge is 0.144 e. The van der Waals surface area contributed by atoms with Gasteiger partial charge in [-0.05, 0) is 63.7 Å². The number of benzene rings is 2. The van der Waals surface area contributed by atoms with Crippen LogP contribution in [0, 0.1) is 0 Å². The van der Waals surface area contributed by atoms with E-state index in [4.69, 9.17) is 0 Å². The summed E-state index contributed by atoms with van der Waals surface area (Å²) in [6.07, 6.45) is 1.02. The highest BCUT2D eigenvalue weighted by molar-refractivity contribution is 9.08. The van der Waals surface area contributed by atoms with E-state index in [1.807, 2.05) is 22.7 Å². The van der Waals surface area contributed by atoms with Gasteiger partial charge in [-0.25, -0.2) is 0 Å². The number of halogens is 1. The highest BCUT2D eigenvalue weighted by Crippen LogP contribution is 2.30. The lowest BCUT2D eigenvalue weighted by Gasteiger charge is -1.99. The molecule has 0 unspecified atom stereocenters. The van der Waals surface area contributed by atoms with Crippen LogP contribution in [0.25, 0.3) is 20.2 Å². The second-order valence-electron chi connectivity index (χ2n) is 5.19. The summed E-state index contributed by atoms with van der Waals surface area (Å²) in [4.78, 5) is 1.44. The van der Waals surface area contributed by atoms with E-state index in [9.17, 15) is 0 Å². The highest BCUT2D eigenvalue weighted by Gasteiger charge is 2.05. The van der Waals surface area contributed by atoms with Gasteiger partial charge in [0.25, 0.3) is 0 Å². The zero-order valence-corrected chi connectivity index (χ0v) is 14.5. The van der Waals surface area contributed by atoms with Crippen molar-refractivity contribution in [2.24, 2.45) is 0 Å². The lowest BCUT2D eigenvalue weighted by atomic mass is 10.1. The van der Waals surface area contributed by atoms with E-state index in [-0.39, 0.29) is 0 Å². The minimum Gasteiger partial charge on any atom is -0.144 e. The molecule has 2 heterocycles. The molecule has 0 N–H and O–H groups in total. The van der Waals surface area contributed by atoms with Crippen molar-refractivity contribution in [1.29, 1.82) is 0 Å². The van der Waals surface area contributed by atoms with Crippen LogP contribution in [0.4, 0.5) is 0 Å². The van der Waals surface area contributed by atoms with E-state index in [0.29, 0.717) is 0 Å². The van der Waals surface area contributed by atoms with Crippen LogP contribution in [0.5, 0.6) is 0 Å².